The van der Waals surface area contributed by atoms with Crippen LogP contribution in [0.1, 0.15) is 0 Å². The number of rotatable bonds is 1. The van der Waals surface area contributed by atoms with E-state index < -0.39 is 0 Å². The van der Waals surface area contributed by atoms with Gasteiger partial charge in [-0.2, -0.15) is 15.0 Å². The fraction of sp³-hybridized carbons (Fsp3) is 0. The van der Waals surface area contributed by atoms with Crippen LogP contribution in [-0.2, 0) is 0 Å². The summed E-state index contributed by atoms with van der Waals surface area (Å²) in [6.45, 7) is 0. The van der Waals surface area contributed by atoms with Crippen molar-refractivity contribution in [3.8, 4) is 11.4 Å². The molecule has 0 radical (unpaired) electrons. The lowest BCUT2D eigenvalue weighted by atomic mass is 10.2. The minimum Gasteiger partial charge on any atom is -0.368 e. The summed E-state index contributed by atoms with van der Waals surface area (Å²) in [7, 11) is 0. The van der Waals surface area contributed by atoms with E-state index in [9.17, 15) is 0 Å². The Morgan fingerprint density at radius 1 is 1.12 bits per heavy atom. The number of nitrogens with two attached hydrogens (primary N) is 1. The van der Waals surface area contributed by atoms with Crippen LogP contribution in [0.2, 0.25) is 5.28 Å². The molecule has 0 aliphatic rings. The van der Waals surface area contributed by atoms with Crippen molar-refractivity contribution in [1.82, 2.24) is 15.0 Å². The van der Waals surface area contributed by atoms with Gasteiger partial charge in [-0.3, -0.25) is 0 Å². The Morgan fingerprint density at radius 3 is 2.76 bits per heavy atom. The summed E-state index contributed by atoms with van der Waals surface area (Å²) in [6, 6.07) is 8.05. The summed E-state index contributed by atoms with van der Waals surface area (Å²) in [5.41, 5.74) is 6.50. The van der Waals surface area contributed by atoms with Crippen molar-refractivity contribution in [3.05, 3.63) is 34.9 Å². The van der Waals surface area contributed by atoms with Crippen LogP contribution in [0.5, 0.6) is 0 Å². The Kier molecular flexibility index (Phi) is 2.42. The van der Waals surface area contributed by atoms with Gasteiger partial charge in [0.1, 0.15) is 0 Å². The van der Waals surface area contributed by atoms with E-state index in [4.69, 9.17) is 17.3 Å². The number of halogens is 1. The van der Waals surface area contributed by atoms with Crippen LogP contribution in [0.25, 0.3) is 21.5 Å². The van der Waals surface area contributed by atoms with Crippen molar-refractivity contribution >= 4 is 39.0 Å². The Morgan fingerprint density at radius 2 is 1.94 bits per heavy atom. The molecule has 0 aliphatic carbocycles. The van der Waals surface area contributed by atoms with Crippen LogP contribution in [-0.4, -0.2) is 15.0 Å². The molecule has 3 rings (SSSR count). The van der Waals surface area contributed by atoms with Gasteiger partial charge in [-0.15, -0.1) is 11.3 Å². The Bertz CT molecular complexity index is 675. The van der Waals surface area contributed by atoms with Gasteiger partial charge in [0, 0.05) is 21.0 Å². The number of thiophene rings is 1. The molecule has 0 saturated heterocycles. The Balaban J connectivity index is 2.27. The number of nitrogen functional groups attached to an aromatic ring is 1. The molecule has 17 heavy (non-hydrogen) atoms. The molecular formula is C11H7ClN4S. The fourth-order valence-electron chi connectivity index (χ4n) is 1.64. The number of hydrogen-bond acceptors (Lipinski definition) is 5. The number of fused-ring (bicyclic) bond motifs is 1. The van der Waals surface area contributed by atoms with Gasteiger partial charge in [-0.1, -0.05) is 18.2 Å². The Labute approximate surface area is 106 Å². The summed E-state index contributed by atoms with van der Waals surface area (Å²) < 4.78 is 1.18. The quantitative estimate of drug-likeness (QED) is 0.732. The van der Waals surface area contributed by atoms with Crippen molar-refractivity contribution in [1.29, 1.82) is 0 Å². The summed E-state index contributed by atoms with van der Waals surface area (Å²) >= 11 is 7.42. The smallest absolute Gasteiger partial charge is 0.227 e. The van der Waals surface area contributed by atoms with E-state index in [1.807, 2.05) is 23.6 Å². The maximum Gasteiger partial charge on any atom is 0.227 e. The van der Waals surface area contributed by atoms with Crippen molar-refractivity contribution in [3.63, 3.8) is 0 Å². The third kappa shape index (κ3) is 1.83. The molecule has 0 fully saturated rings. The Hall–Kier alpha value is -1.72. The molecule has 6 heteroatoms. The lowest BCUT2D eigenvalue weighted by Crippen LogP contribution is -1.99. The lowest BCUT2D eigenvalue weighted by molar-refractivity contribution is 1.08. The minimum absolute atomic E-state index is 0.114. The van der Waals surface area contributed by atoms with Gasteiger partial charge in [0.2, 0.25) is 11.2 Å². The van der Waals surface area contributed by atoms with Gasteiger partial charge in [0.05, 0.1) is 0 Å². The van der Waals surface area contributed by atoms with Crippen LogP contribution in [0.4, 0.5) is 5.95 Å². The normalized spacial score (nSPS) is 10.9. The van der Waals surface area contributed by atoms with Crippen LogP contribution >= 0.6 is 22.9 Å². The van der Waals surface area contributed by atoms with E-state index in [1.54, 1.807) is 11.3 Å². The molecule has 0 amide bonds. The summed E-state index contributed by atoms with van der Waals surface area (Å²) in [5.74, 6) is 0.648. The van der Waals surface area contributed by atoms with Gasteiger partial charge < -0.3 is 5.73 Å². The molecule has 84 valence electrons. The number of hydrogen-bond donors (Lipinski definition) is 1. The van der Waals surface area contributed by atoms with Gasteiger partial charge in [0.15, 0.2) is 5.82 Å². The van der Waals surface area contributed by atoms with Gasteiger partial charge in [-0.05, 0) is 17.7 Å². The molecule has 1 aromatic carbocycles. The van der Waals surface area contributed by atoms with E-state index >= 15 is 0 Å². The first kappa shape index (κ1) is 10.4. The van der Waals surface area contributed by atoms with Gasteiger partial charge >= 0.3 is 0 Å². The molecule has 2 aromatic heterocycles. The van der Waals surface area contributed by atoms with Crippen molar-refractivity contribution in [2.75, 3.05) is 5.73 Å². The van der Waals surface area contributed by atoms with E-state index in [-0.39, 0.29) is 11.2 Å². The number of anilines is 1. The second-order valence-electron chi connectivity index (χ2n) is 3.43. The average molecular weight is 263 g/mol. The highest BCUT2D eigenvalue weighted by molar-refractivity contribution is 7.17. The summed E-state index contributed by atoms with van der Waals surface area (Å²) in [4.78, 5) is 11.9. The first-order chi connectivity index (χ1) is 8.24. The molecule has 3 aromatic rings. The SMILES string of the molecule is Nc1nc(Cl)nc(-c2csc3ccccc23)n1. The van der Waals surface area contributed by atoms with Gasteiger partial charge in [-0.25, -0.2) is 0 Å². The zero-order valence-corrected chi connectivity index (χ0v) is 10.2. The number of benzene rings is 1. The second kappa shape index (κ2) is 3.94. The number of aromatic nitrogens is 3. The predicted molar refractivity (Wildman–Crippen MR) is 70.1 cm³/mol. The number of nitrogens with zero attached hydrogens (tertiary/aromatic N) is 3. The molecule has 2 N–H and O–H groups in total. The van der Waals surface area contributed by atoms with E-state index in [0.29, 0.717) is 5.82 Å². The van der Waals surface area contributed by atoms with Crippen molar-refractivity contribution < 1.29 is 0 Å². The molecular weight excluding hydrogens is 256 g/mol. The fourth-order valence-corrected chi connectivity index (χ4v) is 2.74. The third-order valence-corrected chi connectivity index (χ3v) is 3.48. The molecule has 0 atom stereocenters. The lowest BCUT2D eigenvalue weighted by Gasteiger charge is -1.99. The van der Waals surface area contributed by atoms with E-state index in [2.05, 4.69) is 21.0 Å². The molecule has 0 spiro atoms. The summed E-state index contributed by atoms with van der Waals surface area (Å²) in [6.07, 6.45) is 0. The first-order valence-corrected chi connectivity index (χ1v) is 6.13. The zero-order valence-electron chi connectivity index (χ0n) is 8.59. The topological polar surface area (TPSA) is 64.7 Å². The molecule has 0 bridgehead atoms. The molecule has 0 saturated carbocycles. The molecule has 0 unspecified atom stereocenters. The largest absolute Gasteiger partial charge is 0.368 e. The maximum atomic E-state index is 5.78. The maximum absolute atomic E-state index is 5.78. The highest BCUT2D eigenvalue weighted by atomic mass is 35.5. The third-order valence-electron chi connectivity index (χ3n) is 2.35. The zero-order chi connectivity index (χ0) is 11.8. The highest BCUT2D eigenvalue weighted by Gasteiger charge is 2.10. The highest BCUT2D eigenvalue weighted by Crippen LogP contribution is 2.32. The summed E-state index contributed by atoms with van der Waals surface area (Å²) in [5, 5.41) is 3.21. The average Bonchev–Trinajstić information content (AvgIpc) is 2.71. The van der Waals surface area contributed by atoms with E-state index in [1.165, 1.54) is 4.70 Å². The molecule has 4 nitrogen and oxygen atoms in total. The monoisotopic (exact) mass is 262 g/mol. The molecule has 2 heterocycles. The standard InChI is InChI=1S/C11H7ClN4S/c12-10-14-9(15-11(13)16-10)7-5-17-8-4-2-1-3-6(7)8/h1-5H,(H2,13,14,15,16). The van der Waals surface area contributed by atoms with Crippen LogP contribution in [0.3, 0.4) is 0 Å². The minimum atomic E-state index is 0.114. The second-order valence-corrected chi connectivity index (χ2v) is 4.68. The molecule has 0 aliphatic heterocycles. The van der Waals surface area contributed by atoms with Crippen LogP contribution < -0.4 is 5.73 Å². The first-order valence-electron chi connectivity index (χ1n) is 4.88. The van der Waals surface area contributed by atoms with Crippen LogP contribution in [0, 0.1) is 0 Å². The predicted octanol–water partition coefficient (Wildman–Crippen LogP) is 2.99. The van der Waals surface area contributed by atoms with Gasteiger partial charge in [0.25, 0.3) is 0 Å². The van der Waals surface area contributed by atoms with Crippen LogP contribution in [0.15, 0.2) is 29.6 Å². The van der Waals surface area contributed by atoms with Crippen molar-refractivity contribution in [2.45, 2.75) is 0 Å². The van der Waals surface area contributed by atoms with Crippen molar-refractivity contribution in [2.24, 2.45) is 0 Å². The van der Waals surface area contributed by atoms with E-state index in [0.717, 1.165) is 10.9 Å².